The first kappa shape index (κ1) is 15.8. The molecule has 4 heterocycles. The Balaban J connectivity index is 1.42. The number of anilines is 1. The lowest BCUT2D eigenvalue weighted by Gasteiger charge is -2.35. The molecule has 25 heavy (non-hydrogen) atoms. The number of rotatable bonds is 4. The van der Waals surface area contributed by atoms with Crippen molar-refractivity contribution in [3.8, 4) is 5.88 Å². The molecule has 8 nitrogen and oxygen atoms in total. The van der Waals surface area contributed by atoms with Crippen LogP contribution in [0.15, 0.2) is 30.7 Å². The Morgan fingerprint density at radius 1 is 1.08 bits per heavy atom. The smallest absolute Gasteiger partial charge is 0.212 e. The maximum atomic E-state index is 5.11. The van der Waals surface area contributed by atoms with Crippen molar-refractivity contribution in [1.82, 2.24) is 29.5 Å². The molecule has 3 aromatic heterocycles. The van der Waals surface area contributed by atoms with Crippen LogP contribution in [0.4, 0.5) is 5.82 Å². The highest BCUT2D eigenvalue weighted by Crippen LogP contribution is 2.18. The summed E-state index contributed by atoms with van der Waals surface area (Å²) < 4.78 is 6.99. The van der Waals surface area contributed by atoms with Gasteiger partial charge in [-0.25, -0.2) is 9.97 Å². The zero-order valence-corrected chi connectivity index (χ0v) is 14.5. The molecule has 4 rings (SSSR count). The minimum absolute atomic E-state index is 0.650. The number of fused-ring (bicyclic) bond motifs is 1. The second-order valence-electron chi connectivity index (χ2n) is 6.17. The van der Waals surface area contributed by atoms with E-state index in [1.54, 1.807) is 13.3 Å². The maximum absolute atomic E-state index is 5.11. The Bertz CT molecular complexity index is 853. The lowest BCUT2D eigenvalue weighted by molar-refractivity contribution is 0.248. The van der Waals surface area contributed by atoms with Crippen molar-refractivity contribution in [3.63, 3.8) is 0 Å². The van der Waals surface area contributed by atoms with Crippen LogP contribution in [0, 0.1) is 6.92 Å². The molecular weight excluding hydrogens is 318 g/mol. The van der Waals surface area contributed by atoms with Gasteiger partial charge < -0.3 is 9.64 Å². The molecular formula is C17H21N7O. The number of hydrogen-bond acceptors (Lipinski definition) is 7. The van der Waals surface area contributed by atoms with Gasteiger partial charge in [-0.3, -0.25) is 9.88 Å². The summed E-state index contributed by atoms with van der Waals surface area (Å²) in [5.74, 6) is 2.42. The fourth-order valence-electron chi connectivity index (χ4n) is 3.14. The summed E-state index contributed by atoms with van der Waals surface area (Å²) in [5.41, 5.74) is 1.99. The third kappa shape index (κ3) is 3.25. The molecule has 1 fully saturated rings. The molecule has 130 valence electrons. The second-order valence-corrected chi connectivity index (χ2v) is 6.17. The standard InChI is InChI=1S/C17H21N7O/c1-13-20-15-10-18-11-17(24(15)21-13)23-7-5-22(6-8-23)12-14-3-4-16(25-2)19-9-14/h3-4,9-11H,5-8,12H2,1-2H3. The highest BCUT2D eigenvalue weighted by Gasteiger charge is 2.20. The van der Waals surface area contributed by atoms with Gasteiger partial charge in [-0.05, 0) is 12.5 Å². The molecule has 0 atom stereocenters. The van der Waals surface area contributed by atoms with Gasteiger partial charge in [-0.15, -0.1) is 5.10 Å². The third-order valence-corrected chi connectivity index (χ3v) is 4.44. The Labute approximate surface area is 146 Å². The largest absolute Gasteiger partial charge is 0.481 e. The van der Waals surface area contributed by atoms with E-state index in [1.807, 2.05) is 29.9 Å². The van der Waals surface area contributed by atoms with Crippen LogP contribution in [0.1, 0.15) is 11.4 Å². The van der Waals surface area contributed by atoms with Crippen molar-refractivity contribution in [2.45, 2.75) is 13.5 Å². The van der Waals surface area contributed by atoms with Gasteiger partial charge in [0.15, 0.2) is 11.5 Å². The average molecular weight is 339 g/mol. The van der Waals surface area contributed by atoms with E-state index in [-0.39, 0.29) is 0 Å². The molecule has 1 saturated heterocycles. The number of hydrogen-bond donors (Lipinski definition) is 0. The fraction of sp³-hybridized carbons (Fsp3) is 0.412. The van der Waals surface area contributed by atoms with Crippen LogP contribution in [0.5, 0.6) is 5.88 Å². The molecule has 1 aliphatic rings. The molecule has 0 unspecified atom stereocenters. The molecule has 8 heteroatoms. The number of nitrogens with zero attached hydrogens (tertiary/aromatic N) is 7. The van der Waals surface area contributed by atoms with Crippen LogP contribution in [0.3, 0.4) is 0 Å². The van der Waals surface area contributed by atoms with Crippen molar-refractivity contribution >= 4 is 11.5 Å². The summed E-state index contributed by atoms with van der Waals surface area (Å²) in [6.45, 7) is 6.63. The van der Waals surface area contributed by atoms with Crippen molar-refractivity contribution < 1.29 is 4.74 Å². The molecule has 0 radical (unpaired) electrons. The topological polar surface area (TPSA) is 71.7 Å². The number of piperazine rings is 1. The Kier molecular flexibility index (Phi) is 4.19. The van der Waals surface area contributed by atoms with Crippen LogP contribution in [-0.4, -0.2) is 62.8 Å². The molecule has 0 aromatic carbocycles. The van der Waals surface area contributed by atoms with E-state index in [9.17, 15) is 0 Å². The lowest BCUT2D eigenvalue weighted by Crippen LogP contribution is -2.46. The summed E-state index contributed by atoms with van der Waals surface area (Å²) >= 11 is 0. The third-order valence-electron chi connectivity index (χ3n) is 4.44. The van der Waals surface area contributed by atoms with Gasteiger partial charge in [0, 0.05) is 45.0 Å². The zero-order chi connectivity index (χ0) is 17.2. The van der Waals surface area contributed by atoms with E-state index >= 15 is 0 Å². The number of methoxy groups -OCH3 is 1. The Hall–Kier alpha value is -2.74. The molecule has 0 bridgehead atoms. The predicted octanol–water partition coefficient (Wildman–Crippen LogP) is 1.16. The Morgan fingerprint density at radius 3 is 2.64 bits per heavy atom. The highest BCUT2D eigenvalue weighted by molar-refractivity contribution is 5.47. The van der Waals surface area contributed by atoms with Crippen molar-refractivity contribution in [2.75, 3.05) is 38.2 Å². The van der Waals surface area contributed by atoms with Gasteiger partial charge in [0.05, 0.1) is 19.5 Å². The SMILES string of the molecule is COc1ccc(CN2CCN(c3cncc4nc(C)nn34)CC2)cn1. The quantitative estimate of drug-likeness (QED) is 0.706. The average Bonchev–Trinajstić information content (AvgIpc) is 3.03. The molecule has 0 N–H and O–H groups in total. The summed E-state index contributed by atoms with van der Waals surface area (Å²) in [5, 5.41) is 4.48. The van der Waals surface area contributed by atoms with E-state index in [1.165, 1.54) is 5.56 Å². The maximum Gasteiger partial charge on any atom is 0.212 e. The number of pyridine rings is 1. The van der Waals surface area contributed by atoms with E-state index < -0.39 is 0 Å². The number of aromatic nitrogens is 5. The number of aryl methyl sites for hydroxylation is 1. The van der Waals surface area contributed by atoms with Gasteiger partial charge in [-0.2, -0.15) is 4.52 Å². The van der Waals surface area contributed by atoms with Gasteiger partial charge >= 0.3 is 0 Å². The minimum Gasteiger partial charge on any atom is -0.481 e. The Morgan fingerprint density at radius 2 is 1.92 bits per heavy atom. The molecule has 1 aliphatic heterocycles. The van der Waals surface area contributed by atoms with E-state index in [0.717, 1.165) is 50.0 Å². The predicted molar refractivity (Wildman–Crippen MR) is 93.8 cm³/mol. The second kappa shape index (κ2) is 6.64. The first-order valence-corrected chi connectivity index (χ1v) is 8.36. The zero-order valence-electron chi connectivity index (χ0n) is 14.5. The van der Waals surface area contributed by atoms with Gasteiger partial charge in [0.25, 0.3) is 0 Å². The van der Waals surface area contributed by atoms with Crippen molar-refractivity contribution in [2.24, 2.45) is 0 Å². The monoisotopic (exact) mass is 339 g/mol. The molecule has 0 spiro atoms. The summed E-state index contributed by atoms with van der Waals surface area (Å²) in [7, 11) is 1.63. The van der Waals surface area contributed by atoms with Gasteiger partial charge in [0.1, 0.15) is 5.82 Å². The number of ether oxygens (including phenoxy) is 1. The highest BCUT2D eigenvalue weighted by atomic mass is 16.5. The van der Waals surface area contributed by atoms with Crippen molar-refractivity contribution in [3.05, 3.63) is 42.1 Å². The van der Waals surface area contributed by atoms with Crippen molar-refractivity contribution in [1.29, 1.82) is 0 Å². The normalized spacial score (nSPS) is 15.7. The van der Waals surface area contributed by atoms with E-state index in [4.69, 9.17) is 4.74 Å². The molecule has 0 aliphatic carbocycles. The van der Waals surface area contributed by atoms with Crippen LogP contribution in [-0.2, 0) is 6.54 Å². The minimum atomic E-state index is 0.650. The first-order chi connectivity index (χ1) is 12.2. The summed E-state index contributed by atoms with van der Waals surface area (Å²) in [4.78, 5) is 17.7. The summed E-state index contributed by atoms with van der Waals surface area (Å²) in [6.07, 6.45) is 5.49. The lowest BCUT2D eigenvalue weighted by atomic mass is 10.2. The van der Waals surface area contributed by atoms with Crippen LogP contribution < -0.4 is 9.64 Å². The van der Waals surface area contributed by atoms with Gasteiger partial charge in [-0.1, -0.05) is 6.07 Å². The van der Waals surface area contributed by atoms with Crippen LogP contribution in [0.2, 0.25) is 0 Å². The molecule has 3 aromatic rings. The molecule has 0 saturated carbocycles. The summed E-state index contributed by atoms with van der Waals surface area (Å²) in [6, 6.07) is 3.98. The fourth-order valence-corrected chi connectivity index (χ4v) is 3.14. The van der Waals surface area contributed by atoms with Gasteiger partial charge in [0.2, 0.25) is 5.88 Å². The molecule has 0 amide bonds. The van der Waals surface area contributed by atoms with E-state index in [2.05, 4.69) is 35.9 Å². The van der Waals surface area contributed by atoms with E-state index in [0.29, 0.717) is 5.88 Å². The van der Waals surface area contributed by atoms with Crippen LogP contribution >= 0.6 is 0 Å². The van der Waals surface area contributed by atoms with Crippen LogP contribution in [0.25, 0.3) is 5.65 Å². The first-order valence-electron chi connectivity index (χ1n) is 8.36.